The smallest absolute Gasteiger partial charge is 0.265 e. The quantitative estimate of drug-likeness (QED) is 0.494. The number of benzene rings is 1. The van der Waals surface area contributed by atoms with E-state index in [4.69, 9.17) is 0 Å². The van der Waals surface area contributed by atoms with Crippen LogP contribution in [0.1, 0.15) is 18.0 Å². The zero-order valence-corrected chi connectivity index (χ0v) is 17.3. The third kappa shape index (κ3) is 3.59. The summed E-state index contributed by atoms with van der Waals surface area (Å²) >= 11 is 1.42. The lowest BCUT2D eigenvalue weighted by Gasteiger charge is -2.13. The number of thioether (sulfide) groups is 1. The Morgan fingerprint density at radius 2 is 2.10 bits per heavy atom. The molecule has 1 aliphatic heterocycles. The Morgan fingerprint density at radius 3 is 2.87 bits per heavy atom. The number of fused-ring (bicyclic) bond motifs is 2. The van der Waals surface area contributed by atoms with Gasteiger partial charge in [0.15, 0.2) is 10.8 Å². The number of aromatic nitrogens is 5. The fraction of sp³-hybridized carbons (Fsp3) is 0.190. The van der Waals surface area contributed by atoms with Crippen molar-refractivity contribution in [1.82, 2.24) is 24.3 Å². The van der Waals surface area contributed by atoms with Crippen molar-refractivity contribution in [3.8, 4) is 5.69 Å². The van der Waals surface area contributed by atoms with Gasteiger partial charge in [0.05, 0.1) is 17.9 Å². The molecule has 4 heterocycles. The Labute approximate surface area is 180 Å². The lowest BCUT2D eigenvalue weighted by Crippen LogP contribution is -2.28. The first-order valence-electron chi connectivity index (χ1n) is 9.61. The Hall–Kier alpha value is -3.53. The number of nitrogens with one attached hydrogen (secondary N) is 1. The van der Waals surface area contributed by atoms with Crippen molar-refractivity contribution in [2.24, 2.45) is 0 Å². The number of amides is 1. The van der Waals surface area contributed by atoms with Gasteiger partial charge in [0.2, 0.25) is 5.91 Å². The minimum Gasteiger partial charge on any atom is -0.311 e. The predicted octanol–water partition coefficient (Wildman–Crippen LogP) is 3.10. The molecule has 156 valence electrons. The van der Waals surface area contributed by atoms with E-state index in [-0.39, 0.29) is 29.7 Å². The number of halogens is 1. The maximum atomic E-state index is 13.3. The van der Waals surface area contributed by atoms with Gasteiger partial charge in [0.1, 0.15) is 17.0 Å². The van der Waals surface area contributed by atoms with Crippen molar-refractivity contribution in [2.75, 3.05) is 11.1 Å². The number of hydrogen-bond donors (Lipinski definition) is 1. The highest BCUT2D eigenvalue weighted by Gasteiger charge is 2.29. The SMILES string of the molecule is Cc1ccnc(NC(=O)CC2CSc3nc4c(cnn4-c4ccc(F)cc4)c(=O)n32)c1. The van der Waals surface area contributed by atoms with Crippen molar-refractivity contribution >= 4 is 34.5 Å². The van der Waals surface area contributed by atoms with Crippen LogP contribution >= 0.6 is 11.8 Å². The van der Waals surface area contributed by atoms with Crippen LogP contribution in [0.5, 0.6) is 0 Å². The molecule has 5 rings (SSSR count). The number of hydrogen-bond acceptors (Lipinski definition) is 6. The van der Waals surface area contributed by atoms with Gasteiger partial charge < -0.3 is 5.32 Å². The average Bonchev–Trinajstić information content (AvgIpc) is 3.34. The van der Waals surface area contributed by atoms with Crippen LogP contribution in [0, 0.1) is 12.7 Å². The molecule has 1 N–H and O–H groups in total. The molecule has 4 aromatic rings. The summed E-state index contributed by atoms with van der Waals surface area (Å²) in [4.78, 5) is 34.5. The molecule has 1 unspecified atom stereocenters. The zero-order valence-electron chi connectivity index (χ0n) is 16.4. The number of anilines is 1. The van der Waals surface area contributed by atoms with Gasteiger partial charge in [-0.05, 0) is 48.9 Å². The third-order valence-electron chi connectivity index (χ3n) is 5.05. The normalized spacial score (nSPS) is 15.2. The highest BCUT2D eigenvalue weighted by atomic mass is 32.2. The van der Waals surface area contributed by atoms with Crippen LogP contribution in [-0.2, 0) is 4.79 Å². The van der Waals surface area contributed by atoms with Crippen LogP contribution in [-0.4, -0.2) is 36.0 Å². The van der Waals surface area contributed by atoms with Gasteiger partial charge in [0.25, 0.3) is 5.56 Å². The van der Waals surface area contributed by atoms with E-state index in [0.717, 1.165) is 5.56 Å². The minimum atomic E-state index is -0.355. The van der Waals surface area contributed by atoms with Crippen molar-refractivity contribution in [1.29, 1.82) is 0 Å². The van der Waals surface area contributed by atoms with E-state index in [1.807, 2.05) is 13.0 Å². The Morgan fingerprint density at radius 1 is 1.29 bits per heavy atom. The summed E-state index contributed by atoms with van der Waals surface area (Å²) < 4.78 is 16.3. The van der Waals surface area contributed by atoms with E-state index in [9.17, 15) is 14.0 Å². The molecule has 10 heteroatoms. The van der Waals surface area contributed by atoms with Gasteiger partial charge in [-0.1, -0.05) is 11.8 Å². The molecule has 0 saturated heterocycles. The van der Waals surface area contributed by atoms with Crippen LogP contribution in [0.2, 0.25) is 0 Å². The maximum absolute atomic E-state index is 13.3. The van der Waals surface area contributed by atoms with Crippen LogP contribution in [0.15, 0.2) is 58.7 Å². The van der Waals surface area contributed by atoms with Gasteiger partial charge in [-0.15, -0.1) is 0 Å². The number of nitrogens with zero attached hydrogens (tertiary/aromatic N) is 5. The monoisotopic (exact) mass is 436 g/mol. The second-order valence-electron chi connectivity index (χ2n) is 7.28. The molecule has 0 aliphatic carbocycles. The Balaban J connectivity index is 1.44. The van der Waals surface area contributed by atoms with E-state index in [2.05, 4.69) is 20.4 Å². The summed E-state index contributed by atoms with van der Waals surface area (Å²) in [5, 5.41) is 7.94. The van der Waals surface area contributed by atoms with Gasteiger partial charge in [-0.25, -0.2) is 19.0 Å². The molecule has 1 aliphatic rings. The molecule has 1 aromatic carbocycles. The second-order valence-corrected chi connectivity index (χ2v) is 8.26. The standard InChI is InChI=1S/C21H17FN6O2S/c1-12-6-7-23-17(8-12)25-18(29)9-15-11-31-21-26-19-16(20(30)27(15)21)10-24-28(19)14-4-2-13(22)3-5-14/h2-8,10,15H,9,11H2,1H3,(H,23,25,29). The Kier molecular flexibility index (Phi) is 4.78. The first kappa shape index (κ1) is 19.4. The molecule has 1 atom stereocenters. The lowest BCUT2D eigenvalue weighted by atomic mass is 10.2. The molecule has 1 amide bonds. The topological polar surface area (TPSA) is 94.7 Å². The molecular formula is C21H17FN6O2S. The first-order chi connectivity index (χ1) is 15.0. The van der Waals surface area contributed by atoms with Crippen molar-refractivity contribution in [3.63, 3.8) is 0 Å². The fourth-order valence-corrected chi connectivity index (χ4v) is 4.69. The van der Waals surface area contributed by atoms with Gasteiger partial charge in [0, 0.05) is 18.4 Å². The summed E-state index contributed by atoms with van der Waals surface area (Å²) in [7, 11) is 0. The number of aryl methyl sites for hydroxylation is 1. The molecule has 31 heavy (non-hydrogen) atoms. The van der Waals surface area contributed by atoms with E-state index >= 15 is 0 Å². The van der Waals surface area contributed by atoms with E-state index in [1.165, 1.54) is 34.8 Å². The molecule has 0 bridgehead atoms. The molecule has 0 spiro atoms. The highest BCUT2D eigenvalue weighted by Crippen LogP contribution is 2.33. The largest absolute Gasteiger partial charge is 0.311 e. The second kappa shape index (κ2) is 7.62. The summed E-state index contributed by atoms with van der Waals surface area (Å²) in [6.07, 6.45) is 3.22. The third-order valence-corrected chi connectivity index (χ3v) is 6.14. The molecule has 0 fully saturated rings. The van der Waals surface area contributed by atoms with Gasteiger partial charge in [-0.2, -0.15) is 5.10 Å². The molecule has 3 aromatic heterocycles. The van der Waals surface area contributed by atoms with Gasteiger partial charge in [-0.3, -0.25) is 14.2 Å². The molecule has 0 radical (unpaired) electrons. The summed E-state index contributed by atoms with van der Waals surface area (Å²) in [5.41, 5.74) is 1.76. The zero-order chi connectivity index (χ0) is 21.5. The Bertz CT molecular complexity index is 1360. The lowest BCUT2D eigenvalue weighted by molar-refractivity contribution is -0.116. The molecule has 8 nitrogen and oxygen atoms in total. The maximum Gasteiger partial charge on any atom is 0.265 e. The van der Waals surface area contributed by atoms with E-state index in [1.54, 1.807) is 29.0 Å². The number of carbonyl (C=O) groups is 1. The van der Waals surface area contributed by atoms with Gasteiger partial charge >= 0.3 is 0 Å². The average molecular weight is 436 g/mol. The summed E-state index contributed by atoms with van der Waals surface area (Å²) in [5.74, 6) is 0.475. The van der Waals surface area contributed by atoms with Crippen LogP contribution in [0.25, 0.3) is 16.7 Å². The fourth-order valence-electron chi connectivity index (χ4n) is 3.56. The van der Waals surface area contributed by atoms with Crippen molar-refractivity contribution in [2.45, 2.75) is 24.5 Å². The van der Waals surface area contributed by atoms with E-state index < -0.39 is 0 Å². The number of carbonyl (C=O) groups excluding carboxylic acids is 1. The summed E-state index contributed by atoms with van der Waals surface area (Å²) in [6, 6.07) is 9.13. The molecular weight excluding hydrogens is 419 g/mol. The highest BCUT2D eigenvalue weighted by molar-refractivity contribution is 7.99. The first-order valence-corrected chi connectivity index (χ1v) is 10.6. The molecule has 0 saturated carbocycles. The van der Waals surface area contributed by atoms with Crippen LogP contribution in [0.4, 0.5) is 10.2 Å². The van der Waals surface area contributed by atoms with Crippen molar-refractivity contribution < 1.29 is 9.18 Å². The number of rotatable bonds is 4. The van der Waals surface area contributed by atoms with Crippen molar-refractivity contribution in [3.05, 3.63) is 70.5 Å². The van der Waals surface area contributed by atoms with Crippen LogP contribution < -0.4 is 10.9 Å². The number of pyridine rings is 1. The van der Waals surface area contributed by atoms with Crippen LogP contribution in [0.3, 0.4) is 0 Å². The summed E-state index contributed by atoms with van der Waals surface area (Å²) in [6.45, 7) is 1.92. The minimum absolute atomic E-state index is 0.134. The predicted molar refractivity (Wildman–Crippen MR) is 115 cm³/mol. The van der Waals surface area contributed by atoms with E-state index in [0.29, 0.717) is 33.4 Å².